The van der Waals surface area contributed by atoms with Gasteiger partial charge in [-0.1, -0.05) is 0 Å². The second kappa shape index (κ2) is 3.26. The quantitative estimate of drug-likeness (QED) is 0.461. The molecule has 1 rings (SSSR count). The maximum Gasteiger partial charge on any atom is 0.513 e. The Morgan fingerprint density at radius 1 is 1.55 bits per heavy atom. The van der Waals surface area contributed by atoms with E-state index >= 15 is 0 Å². The molecule has 58 valence electrons. The molecule has 1 aromatic rings. The van der Waals surface area contributed by atoms with Crippen LogP contribution >= 0.6 is 0 Å². The van der Waals surface area contributed by atoms with E-state index < -0.39 is 7.12 Å². The summed E-state index contributed by atoms with van der Waals surface area (Å²) in [5.41, 5.74) is -0.0394. The molecule has 1 heterocycles. The highest BCUT2D eigenvalue weighted by molar-refractivity contribution is 6.58. The van der Waals surface area contributed by atoms with Crippen molar-refractivity contribution in [3.63, 3.8) is 0 Å². The summed E-state index contributed by atoms with van der Waals surface area (Å²) in [5.74, 6) is 0.0162. The highest BCUT2D eigenvalue weighted by atomic mass is 16.5. The predicted molar refractivity (Wildman–Crippen MR) is 36.2 cm³/mol. The first-order chi connectivity index (χ1) is 5.25. The van der Waals surface area contributed by atoms with Crippen LogP contribution in [-0.2, 0) is 0 Å². The average molecular weight is 155 g/mol. The largest absolute Gasteiger partial charge is 0.513 e. The molecule has 0 aromatic carbocycles. The fourth-order valence-electron chi connectivity index (χ4n) is 0.595. The zero-order chi connectivity index (χ0) is 8.27. The fourth-order valence-corrected chi connectivity index (χ4v) is 0.595. The van der Waals surface area contributed by atoms with Crippen molar-refractivity contribution in [1.29, 1.82) is 0 Å². The van der Waals surface area contributed by atoms with Crippen LogP contribution in [0.1, 0.15) is 0 Å². The third-order valence-corrected chi connectivity index (χ3v) is 1.05. The molecule has 11 heavy (non-hydrogen) atoms. The minimum Gasteiger partial charge on any atom is -0.479 e. The first-order valence-electron chi connectivity index (χ1n) is 2.83. The minimum atomic E-state index is -1.68. The van der Waals surface area contributed by atoms with Crippen LogP contribution in [0.5, 0.6) is 5.88 Å². The Morgan fingerprint density at radius 2 is 2.27 bits per heavy atom. The van der Waals surface area contributed by atoms with E-state index in [4.69, 9.17) is 10.0 Å². The summed E-state index contributed by atoms with van der Waals surface area (Å²) >= 11 is 0. The van der Waals surface area contributed by atoms with Crippen molar-refractivity contribution in [2.75, 3.05) is 7.11 Å². The zero-order valence-corrected chi connectivity index (χ0v) is 5.80. The first kappa shape index (κ1) is 7.90. The lowest BCUT2D eigenvalue weighted by Gasteiger charge is -2.01. The summed E-state index contributed by atoms with van der Waals surface area (Å²) in [4.78, 5) is 3.55. The third-order valence-electron chi connectivity index (χ3n) is 1.05. The molecular weight excluding hydrogens is 149 g/mol. The summed E-state index contributed by atoms with van der Waals surface area (Å²) in [6, 6.07) is 0. The number of rotatable bonds is 2. The molecule has 0 aliphatic rings. The van der Waals surface area contributed by atoms with Gasteiger partial charge in [0.2, 0.25) is 0 Å². The Hall–Kier alpha value is -1.21. The number of hydrogen-bond donors (Lipinski definition) is 2. The lowest BCUT2D eigenvalue weighted by atomic mass is 9.86. The molecule has 0 radical (unpaired) electrons. The van der Waals surface area contributed by atoms with Gasteiger partial charge < -0.3 is 14.8 Å². The van der Waals surface area contributed by atoms with Gasteiger partial charge in [-0.05, 0) is 0 Å². The highest BCUT2D eigenvalue weighted by Gasteiger charge is 2.19. The standard InChI is InChI=1S/C4H6BN3O3/c1-11-4-3(5(9)10)6-2-7-8-4/h2,9-10H,1H3. The number of hydrogen-bond acceptors (Lipinski definition) is 6. The predicted octanol–water partition coefficient (Wildman–Crippen LogP) is -2.44. The van der Waals surface area contributed by atoms with Gasteiger partial charge in [0.15, 0.2) is 0 Å². The van der Waals surface area contributed by atoms with Gasteiger partial charge in [-0.15, -0.1) is 10.2 Å². The maximum atomic E-state index is 8.68. The third kappa shape index (κ3) is 1.63. The zero-order valence-electron chi connectivity index (χ0n) is 5.80. The first-order valence-corrected chi connectivity index (χ1v) is 2.83. The van der Waals surface area contributed by atoms with Crippen LogP contribution in [0.25, 0.3) is 0 Å². The Morgan fingerprint density at radius 3 is 2.73 bits per heavy atom. The Kier molecular flexibility index (Phi) is 2.34. The molecule has 7 heteroatoms. The van der Waals surface area contributed by atoms with Crippen molar-refractivity contribution in [2.45, 2.75) is 0 Å². The van der Waals surface area contributed by atoms with Gasteiger partial charge in [0.1, 0.15) is 11.9 Å². The SMILES string of the molecule is COc1nncnc1B(O)O. The molecule has 0 fully saturated rings. The molecular formula is C4H6BN3O3. The van der Waals surface area contributed by atoms with Gasteiger partial charge in [0.05, 0.1) is 7.11 Å². The lowest BCUT2D eigenvalue weighted by molar-refractivity contribution is 0.382. The Balaban J connectivity index is 3.02. The fraction of sp³-hybridized carbons (Fsp3) is 0.250. The van der Waals surface area contributed by atoms with Crippen LogP contribution in [0.3, 0.4) is 0 Å². The molecule has 0 saturated heterocycles. The number of nitrogens with zero attached hydrogens (tertiary/aromatic N) is 3. The monoisotopic (exact) mass is 155 g/mol. The topological polar surface area (TPSA) is 88.4 Å². The van der Waals surface area contributed by atoms with Crippen molar-refractivity contribution in [3.8, 4) is 5.88 Å². The molecule has 0 aliphatic carbocycles. The molecule has 0 atom stereocenters. The van der Waals surface area contributed by atoms with Gasteiger partial charge in [0.25, 0.3) is 5.88 Å². The van der Waals surface area contributed by atoms with E-state index in [1.54, 1.807) is 0 Å². The van der Waals surface area contributed by atoms with Crippen molar-refractivity contribution >= 4 is 12.7 Å². The Labute approximate surface area is 63.0 Å². The smallest absolute Gasteiger partial charge is 0.479 e. The molecule has 2 N–H and O–H groups in total. The Bertz CT molecular complexity index is 244. The highest BCUT2D eigenvalue weighted by Crippen LogP contribution is 1.94. The normalized spacial score (nSPS) is 9.36. The second-order valence-electron chi connectivity index (χ2n) is 1.73. The second-order valence-corrected chi connectivity index (χ2v) is 1.73. The number of methoxy groups -OCH3 is 1. The van der Waals surface area contributed by atoms with Crippen molar-refractivity contribution < 1.29 is 14.8 Å². The molecule has 0 unspecified atom stereocenters. The maximum absolute atomic E-state index is 8.68. The van der Waals surface area contributed by atoms with Crippen molar-refractivity contribution in [2.24, 2.45) is 0 Å². The van der Waals surface area contributed by atoms with Crippen molar-refractivity contribution in [3.05, 3.63) is 6.33 Å². The summed E-state index contributed by atoms with van der Waals surface area (Å²) in [5, 5.41) is 24.2. The van der Waals surface area contributed by atoms with Gasteiger partial charge in [-0.25, -0.2) is 4.98 Å². The summed E-state index contributed by atoms with van der Waals surface area (Å²) in [7, 11) is -0.335. The van der Waals surface area contributed by atoms with Crippen LogP contribution in [0.2, 0.25) is 0 Å². The summed E-state index contributed by atoms with van der Waals surface area (Å²) in [6.07, 6.45) is 1.11. The van der Waals surface area contributed by atoms with Crippen LogP contribution < -0.4 is 10.3 Å². The molecule has 0 aliphatic heterocycles. The van der Waals surface area contributed by atoms with E-state index in [0.717, 1.165) is 6.33 Å². The van der Waals surface area contributed by atoms with Crippen LogP contribution in [-0.4, -0.2) is 39.5 Å². The molecule has 0 saturated carbocycles. The van der Waals surface area contributed by atoms with E-state index in [1.807, 2.05) is 0 Å². The molecule has 0 amide bonds. The van der Waals surface area contributed by atoms with E-state index in [-0.39, 0.29) is 11.5 Å². The van der Waals surface area contributed by atoms with Gasteiger partial charge in [-0.3, -0.25) is 0 Å². The summed E-state index contributed by atoms with van der Waals surface area (Å²) in [6.45, 7) is 0. The van der Waals surface area contributed by atoms with Gasteiger partial charge >= 0.3 is 7.12 Å². The van der Waals surface area contributed by atoms with E-state index in [0.29, 0.717) is 0 Å². The lowest BCUT2D eigenvalue weighted by Crippen LogP contribution is -2.34. The van der Waals surface area contributed by atoms with Gasteiger partial charge in [0, 0.05) is 0 Å². The molecule has 0 bridgehead atoms. The minimum absolute atomic E-state index is 0.0162. The molecule has 6 nitrogen and oxygen atoms in total. The van der Waals surface area contributed by atoms with Gasteiger partial charge in [-0.2, -0.15) is 0 Å². The van der Waals surface area contributed by atoms with E-state index in [9.17, 15) is 0 Å². The van der Waals surface area contributed by atoms with E-state index in [1.165, 1.54) is 7.11 Å². The number of ether oxygens (including phenoxy) is 1. The average Bonchev–Trinajstić information content (AvgIpc) is 2.04. The van der Waals surface area contributed by atoms with Crippen LogP contribution in [0, 0.1) is 0 Å². The van der Waals surface area contributed by atoms with E-state index in [2.05, 4.69) is 19.9 Å². The van der Waals surface area contributed by atoms with Crippen LogP contribution in [0.4, 0.5) is 0 Å². The molecule has 1 aromatic heterocycles. The molecule has 0 spiro atoms. The van der Waals surface area contributed by atoms with Crippen LogP contribution in [0.15, 0.2) is 6.33 Å². The van der Waals surface area contributed by atoms with Crippen molar-refractivity contribution in [1.82, 2.24) is 15.2 Å². The number of aromatic nitrogens is 3. The summed E-state index contributed by atoms with van der Waals surface area (Å²) < 4.78 is 4.65.